The van der Waals surface area contributed by atoms with Crippen molar-refractivity contribution in [1.29, 1.82) is 5.26 Å². The molecule has 2 aromatic carbocycles. The molecule has 0 bridgehead atoms. The number of anilines is 1. The predicted molar refractivity (Wildman–Crippen MR) is 130 cm³/mol. The van der Waals surface area contributed by atoms with Gasteiger partial charge in [0.15, 0.2) is 0 Å². The van der Waals surface area contributed by atoms with Crippen molar-refractivity contribution >= 4 is 34.5 Å². The molecule has 2 aromatic heterocycles. The van der Waals surface area contributed by atoms with E-state index in [9.17, 15) is 10.1 Å². The summed E-state index contributed by atoms with van der Waals surface area (Å²) in [6.45, 7) is 5.69. The molecule has 0 aliphatic rings. The smallest absolute Gasteiger partial charge is 0.235 e. The van der Waals surface area contributed by atoms with Crippen LogP contribution in [0.2, 0.25) is 0 Å². The Morgan fingerprint density at radius 1 is 1.09 bits per heavy atom. The van der Waals surface area contributed by atoms with Crippen molar-refractivity contribution in [3.05, 3.63) is 71.0 Å². The summed E-state index contributed by atoms with van der Waals surface area (Å²) in [6.07, 6.45) is 0. The van der Waals surface area contributed by atoms with Crippen LogP contribution in [0.1, 0.15) is 22.5 Å². The van der Waals surface area contributed by atoms with Crippen molar-refractivity contribution in [3.8, 4) is 17.5 Å². The molecule has 1 N–H and O–H groups in total. The third kappa shape index (κ3) is 4.41. The molecule has 0 radical (unpaired) electrons. The monoisotopic (exact) mass is 457 g/mol. The summed E-state index contributed by atoms with van der Waals surface area (Å²) in [6, 6.07) is 17.4. The molecule has 0 aliphatic carbocycles. The number of fused-ring (bicyclic) bond motifs is 1. The molecule has 0 unspecified atom stereocenters. The third-order valence-electron chi connectivity index (χ3n) is 5.46. The van der Waals surface area contributed by atoms with Gasteiger partial charge in [0.25, 0.3) is 0 Å². The van der Waals surface area contributed by atoms with Gasteiger partial charge in [-0.2, -0.15) is 5.26 Å². The highest BCUT2D eigenvalue weighted by molar-refractivity contribution is 8.00. The Kier molecular flexibility index (Phi) is 6.33. The fraction of sp³-hybridized carbons (Fsp3) is 0.200. The van der Waals surface area contributed by atoms with Gasteiger partial charge in [-0.25, -0.2) is 9.97 Å². The van der Waals surface area contributed by atoms with Gasteiger partial charge in [0.1, 0.15) is 22.7 Å². The Morgan fingerprint density at radius 3 is 2.39 bits per heavy atom. The molecular formula is C25H23N5O2S. The highest BCUT2D eigenvalue weighted by Crippen LogP contribution is 2.31. The zero-order valence-corrected chi connectivity index (χ0v) is 19.7. The van der Waals surface area contributed by atoms with Crippen molar-refractivity contribution in [1.82, 2.24) is 14.5 Å². The maximum Gasteiger partial charge on any atom is 0.235 e. The number of amides is 1. The van der Waals surface area contributed by atoms with Gasteiger partial charge in [0.05, 0.1) is 35.2 Å². The van der Waals surface area contributed by atoms with Gasteiger partial charge in [-0.05, 0) is 62.7 Å². The maximum absolute atomic E-state index is 12.9. The summed E-state index contributed by atoms with van der Waals surface area (Å²) < 4.78 is 7.13. The van der Waals surface area contributed by atoms with Crippen LogP contribution in [0.3, 0.4) is 0 Å². The molecule has 1 amide bonds. The number of carbonyl (C=O) groups excluding carboxylic acids is 1. The number of hydrogen-bond acceptors (Lipinski definition) is 6. The summed E-state index contributed by atoms with van der Waals surface area (Å²) in [7, 11) is 1.61. The van der Waals surface area contributed by atoms with Crippen LogP contribution in [-0.2, 0) is 4.79 Å². The van der Waals surface area contributed by atoms with E-state index in [1.807, 2.05) is 73.9 Å². The van der Waals surface area contributed by atoms with Crippen LogP contribution >= 0.6 is 11.8 Å². The number of benzene rings is 2. The molecule has 0 aliphatic heterocycles. The van der Waals surface area contributed by atoms with Crippen LogP contribution in [0.25, 0.3) is 16.7 Å². The molecule has 4 aromatic rings. The highest BCUT2D eigenvalue weighted by atomic mass is 32.2. The Hall–Kier alpha value is -3.83. The average molecular weight is 458 g/mol. The average Bonchev–Trinajstić information content (AvgIpc) is 3.06. The number of aromatic nitrogens is 3. The van der Waals surface area contributed by atoms with Gasteiger partial charge in [0.2, 0.25) is 5.91 Å². The first-order valence-electron chi connectivity index (χ1n) is 10.4. The van der Waals surface area contributed by atoms with Gasteiger partial charge in [-0.15, -0.1) is 0 Å². The zero-order valence-electron chi connectivity index (χ0n) is 18.8. The van der Waals surface area contributed by atoms with Crippen LogP contribution in [0, 0.1) is 32.1 Å². The summed E-state index contributed by atoms with van der Waals surface area (Å²) in [4.78, 5) is 22.1. The second kappa shape index (κ2) is 9.35. The minimum absolute atomic E-state index is 0.143. The number of methoxy groups -OCH3 is 1. The molecule has 8 heteroatoms. The van der Waals surface area contributed by atoms with E-state index in [1.165, 1.54) is 11.8 Å². The lowest BCUT2D eigenvalue weighted by Crippen LogP contribution is -2.18. The van der Waals surface area contributed by atoms with Gasteiger partial charge in [-0.3, -0.25) is 9.36 Å². The largest absolute Gasteiger partial charge is 0.497 e. The predicted octanol–water partition coefficient (Wildman–Crippen LogP) is 4.96. The SMILES string of the molecule is COc1ccc(-n2c(C)c(C)c(C#N)c2NC(=O)CSc2nc3ccccc3nc2C)cc1. The Labute approximate surface area is 196 Å². The summed E-state index contributed by atoms with van der Waals surface area (Å²) in [5.74, 6) is 1.11. The van der Waals surface area contributed by atoms with Gasteiger partial charge < -0.3 is 10.1 Å². The molecule has 0 atom stereocenters. The van der Waals surface area contributed by atoms with Crippen molar-refractivity contribution < 1.29 is 9.53 Å². The number of nitriles is 1. The standard InChI is InChI=1S/C25H23N5O2S/c1-15-17(3)30(18-9-11-19(32-4)12-10-18)24(20(15)13-26)29-23(31)14-33-25-16(2)27-21-7-5-6-8-22(21)28-25/h5-12H,14H2,1-4H3,(H,29,31). The first-order chi connectivity index (χ1) is 15.9. The van der Waals surface area contributed by atoms with Crippen LogP contribution in [0.4, 0.5) is 5.82 Å². The number of thioether (sulfide) groups is 1. The summed E-state index contributed by atoms with van der Waals surface area (Å²) in [5.41, 5.74) is 5.38. The summed E-state index contributed by atoms with van der Waals surface area (Å²) >= 11 is 1.33. The van der Waals surface area contributed by atoms with Crippen molar-refractivity contribution in [2.24, 2.45) is 0 Å². The second-order valence-electron chi connectivity index (χ2n) is 7.52. The lowest BCUT2D eigenvalue weighted by atomic mass is 10.2. The molecule has 2 heterocycles. The van der Waals surface area contributed by atoms with E-state index in [0.29, 0.717) is 16.4 Å². The number of hydrogen-bond donors (Lipinski definition) is 1. The quantitative estimate of drug-likeness (QED) is 0.412. The number of rotatable bonds is 6. The number of nitrogens with zero attached hydrogens (tertiary/aromatic N) is 4. The van der Waals surface area contributed by atoms with E-state index in [4.69, 9.17) is 4.74 Å². The number of ether oxygens (including phenoxy) is 1. The molecule has 0 fully saturated rings. The van der Waals surface area contributed by atoms with Crippen molar-refractivity contribution in [2.45, 2.75) is 25.8 Å². The van der Waals surface area contributed by atoms with Crippen molar-refractivity contribution in [2.75, 3.05) is 18.2 Å². The summed E-state index contributed by atoms with van der Waals surface area (Å²) in [5, 5.41) is 13.4. The molecule has 0 saturated heterocycles. The Morgan fingerprint density at radius 2 is 1.76 bits per heavy atom. The lowest BCUT2D eigenvalue weighted by Gasteiger charge is -2.14. The molecule has 166 valence electrons. The maximum atomic E-state index is 12.9. The van der Waals surface area contributed by atoms with Gasteiger partial charge >= 0.3 is 0 Å². The van der Waals surface area contributed by atoms with Gasteiger partial charge in [0, 0.05) is 11.4 Å². The number of para-hydroxylation sites is 2. The minimum Gasteiger partial charge on any atom is -0.497 e. The number of nitrogens with one attached hydrogen (secondary N) is 1. The van der Waals surface area contributed by atoms with E-state index in [1.54, 1.807) is 7.11 Å². The van der Waals surface area contributed by atoms with Crippen LogP contribution < -0.4 is 10.1 Å². The van der Waals surface area contributed by atoms with E-state index in [2.05, 4.69) is 21.4 Å². The first kappa shape index (κ1) is 22.4. The fourth-order valence-electron chi connectivity index (χ4n) is 3.63. The fourth-order valence-corrected chi connectivity index (χ4v) is 4.38. The molecule has 0 spiro atoms. The lowest BCUT2D eigenvalue weighted by molar-refractivity contribution is -0.113. The topological polar surface area (TPSA) is 92.8 Å². The number of carbonyl (C=O) groups is 1. The molecule has 7 nitrogen and oxygen atoms in total. The Bertz CT molecular complexity index is 1390. The first-order valence-corrected chi connectivity index (χ1v) is 11.3. The van der Waals surface area contributed by atoms with Crippen LogP contribution in [0.15, 0.2) is 53.6 Å². The van der Waals surface area contributed by atoms with Gasteiger partial charge in [-0.1, -0.05) is 23.9 Å². The second-order valence-corrected chi connectivity index (χ2v) is 8.48. The molecule has 0 saturated carbocycles. The van der Waals surface area contributed by atoms with Crippen molar-refractivity contribution in [3.63, 3.8) is 0 Å². The molecular weight excluding hydrogens is 434 g/mol. The van der Waals surface area contributed by atoms with Crippen LogP contribution in [-0.4, -0.2) is 33.3 Å². The van der Waals surface area contributed by atoms with E-state index >= 15 is 0 Å². The molecule has 4 rings (SSSR count). The third-order valence-corrected chi connectivity index (χ3v) is 6.52. The normalized spacial score (nSPS) is 10.8. The zero-order chi connectivity index (χ0) is 23.5. The van der Waals surface area contributed by atoms with E-state index < -0.39 is 0 Å². The highest BCUT2D eigenvalue weighted by Gasteiger charge is 2.21. The van der Waals surface area contributed by atoms with Crippen LogP contribution in [0.5, 0.6) is 5.75 Å². The molecule has 33 heavy (non-hydrogen) atoms. The minimum atomic E-state index is -0.224. The Balaban J connectivity index is 1.59. The number of aryl methyl sites for hydroxylation is 1. The van der Waals surface area contributed by atoms with E-state index in [-0.39, 0.29) is 11.7 Å². The van der Waals surface area contributed by atoms with E-state index in [0.717, 1.165) is 39.4 Å².